The Morgan fingerprint density at radius 1 is 1.41 bits per heavy atom. The molecule has 4 nitrogen and oxygen atoms in total. The third-order valence-electron chi connectivity index (χ3n) is 4.03. The number of carbonyl (C=O) groups is 1. The normalized spacial score (nSPS) is 20.5. The smallest absolute Gasteiger partial charge is 0.279 e. The Labute approximate surface area is 134 Å². The van der Waals surface area contributed by atoms with Crippen molar-refractivity contribution in [3.05, 3.63) is 52.2 Å². The lowest BCUT2D eigenvalue weighted by Gasteiger charge is -2.20. The molecule has 0 spiro atoms. The fourth-order valence-electron chi connectivity index (χ4n) is 3.03. The first kappa shape index (κ1) is 14.8. The van der Waals surface area contributed by atoms with Crippen LogP contribution < -0.4 is 10.2 Å². The molecule has 1 saturated heterocycles. The number of benzene rings is 1. The Balaban J connectivity index is 1.62. The molecule has 0 radical (unpaired) electrons. The maximum Gasteiger partial charge on any atom is 0.279 e. The van der Waals surface area contributed by atoms with E-state index in [4.69, 9.17) is 5.26 Å². The lowest BCUT2D eigenvalue weighted by atomic mass is 10.2. The summed E-state index contributed by atoms with van der Waals surface area (Å²) < 4.78 is 0. The van der Waals surface area contributed by atoms with Crippen LogP contribution in [-0.4, -0.2) is 19.0 Å². The van der Waals surface area contributed by atoms with Crippen LogP contribution in [-0.2, 0) is 4.79 Å². The van der Waals surface area contributed by atoms with Crippen LogP contribution in [0.2, 0.25) is 0 Å². The zero-order chi connectivity index (χ0) is 15.4. The molecule has 22 heavy (non-hydrogen) atoms. The van der Waals surface area contributed by atoms with E-state index in [-0.39, 0.29) is 5.91 Å². The van der Waals surface area contributed by atoms with Gasteiger partial charge in [0.05, 0.1) is 23.1 Å². The molecule has 3 rings (SSSR count). The molecule has 2 aromatic rings. The van der Waals surface area contributed by atoms with Crippen molar-refractivity contribution in [2.24, 2.45) is 0 Å². The molecule has 112 valence electrons. The molecule has 2 atom stereocenters. The summed E-state index contributed by atoms with van der Waals surface area (Å²) in [5.74, 6) is 0.00791. The van der Waals surface area contributed by atoms with Gasteiger partial charge in [0, 0.05) is 18.5 Å². The Kier molecular flexibility index (Phi) is 4.52. The SMILES string of the molecule is N#Cc1cccc(NC(=O)C[NH+]2CCC[C@@H]2c2cccs2)c1. The van der Waals surface area contributed by atoms with Crippen molar-refractivity contribution in [2.75, 3.05) is 18.4 Å². The topological polar surface area (TPSA) is 57.3 Å². The number of thiophene rings is 1. The number of carbonyl (C=O) groups excluding carboxylic acids is 1. The maximum absolute atomic E-state index is 12.3. The molecular formula is C17H18N3OS+. The molecule has 0 aliphatic carbocycles. The van der Waals surface area contributed by atoms with Gasteiger partial charge in [-0.25, -0.2) is 0 Å². The summed E-state index contributed by atoms with van der Waals surface area (Å²) in [4.78, 5) is 15.0. The number of anilines is 1. The van der Waals surface area contributed by atoms with Crippen molar-refractivity contribution in [1.82, 2.24) is 0 Å². The predicted octanol–water partition coefficient (Wildman–Crippen LogP) is 1.98. The van der Waals surface area contributed by atoms with Crippen LogP contribution in [0.3, 0.4) is 0 Å². The van der Waals surface area contributed by atoms with E-state index < -0.39 is 0 Å². The van der Waals surface area contributed by atoms with Gasteiger partial charge in [-0.1, -0.05) is 12.1 Å². The zero-order valence-electron chi connectivity index (χ0n) is 12.2. The van der Waals surface area contributed by atoms with Crippen molar-refractivity contribution >= 4 is 22.9 Å². The van der Waals surface area contributed by atoms with Gasteiger partial charge in [0.25, 0.3) is 5.91 Å². The first-order valence-corrected chi connectivity index (χ1v) is 8.32. The van der Waals surface area contributed by atoms with Crippen LogP contribution >= 0.6 is 11.3 Å². The lowest BCUT2D eigenvalue weighted by Crippen LogP contribution is -3.11. The molecule has 1 amide bonds. The Hall–Kier alpha value is -2.16. The van der Waals surface area contributed by atoms with E-state index in [1.165, 1.54) is 9.78 Å². The third kappa shape index (κ3) is 3.35. The van der Waals surface area contributed by atoms with Gasteiger partial charge in [-0.15, -0.1) is 11.3 Å². The van der Waals surface area contributed by atoms with Gasteiger partial charge in [-0.2, -0.15) is 5.26 Å². The highest BCUT2D eigenvalue weighted by Gasteiger charge is 2.32. The number of amides is 1. The molecule has 2 N–H and O–H groups in total. The minimum Gasteiger partial charge on any atom is -0.321 e. The minimum absolute atomic E-state index is 0.00791. The molecule has 1 fully saturated rings. The average molecular weight is 312 g/mol. The summed E-state index contributed by atoms with van der Waals surface area (Å²) >= 11 is 1.77. The number of rotatable bonds is 4. The van der Waals surface area contributed by atoms with Gasteiger partial charge in [0.1, 0.15) is 6.04 Å². The number of hydrogen-bond acceptors (Lipinski definition) is 3. The summed E-state index contributed by atoms with van der Waals surface area (Å²) in [6.07, 6.45) is 2.31. The van der Waals surface area contributed by atoms with Gasteiger partial charge in [-0.05, 0) is 29.6 Å². The van der Waals surface area contributed by atoms with Crippen LogP contribution in [0.5, 0.6) is 0 Å². The summed E-state index contributed by atoms with van der Waals surface area (Å²) in [6, 6.07) is 13.8. The van der Waals surface area contributed by atoms with Gasteiger partial charge in [0.2, 0.25) is 0 Å². The lowest BCUT2D eigenvalue weighted by molar-refractivity contribution is -0.910. The molecule has 0 saturated carbocycles. The Morgan fingerprint density at radius 2 is 2.32 bits per heavy atom. The number of nitriles is 1. The van der Waals surface area contributed by atoms with Gasteiger partial charge in [0.15, 0.2) is 6.54 Å². The number of nitrogens with zero attached hydrogens (tertiary/aromatic N) is 1. The number of quaternary nitrogens is 1. The van der Waals surface area contributed by atoms with Gasteiger partial charge >= 0.3 is 0 Å². The van der Waals surface area contributed by atoms with E-state index in [0.717, 1.165) is 19.4 Å². The van der Waals surface area contributed by atoms with E-state index in [1.807, 2.05) is 6.07 Å². The summed E-state index contributed by atoms with van der Waals surface area (Å²) in [5.41, 5.74) is 1.25. The summed E-state index contributed by atoms with van der Waals surface area (Å²) in [7, 11) is 0. The van der Waals surface area contributed by atoms with Gasteiger partial charge in [-0.3, -0.25) is 4.79 Å². The van der Waals surface area contributed by atoms with Crippen LogP contribution in [0.25, 0.3) is 0 Å². The fraction of sp³-hybridized carbons (Fsp3) is 0.294. The van der Waals surface area contributed by atoms with Crippen LogP contribution in [0, 0.1) is 11.3 Å². The van der Waals surface area contributed by atoms with Crippen molar-refractivity contribution in [3.63, 3.8) is 0 Å². The molecule has 5 heteroatoms. The third-order valence-corrected chi connectivity index (χ3v) is 5.02. The quantitative estimate of drug-likeness (QED) is 0.907. The van der Waals surface area contributed by atoms with E-state index in [0.29, 0.717) is 23.8 Å². The second kappa shape index (κ2) is 6.73. The Morgan fingerprint density at radius 3 is 3.09 bits per heavy atom. The number of hydrogen-bond donors (Lipinski definition) is 2. The second-order valence-electron chi connectivity index (χ2n) is 5.54. The zero-order valence-corrected chi connectivity index (χ0v) is 13.0. The second-order valence-corrected chi connectivity index (χ2v) is 6.52. The number of nitrogens with one attached hydrogen (secondary N) is 2. The summed E-state index contributed by atoms with van der Waals surface area (Å²) in [5, 5.41) is 13.9. The van der Waals surface area contributed by atoms with E-state index >= 15 is 0 Å². The molecule has 1 aromatic carbocycles. The van der Waals surface area contributed by atoms with Crippen molar-refractivity contribution in [3.8, 4) is 6.07 Å². The standard InChI is InChI=1S/C17H17N3OS/c18-11-13-4-1-5-14(10-13)19-17(21)12-20-8-2-6-15(20)16-7-3-9-22-16/h1,3-5,7,9-10,15H,2,6,8,12H2,(H,19,21)/p+1/t15-/m1/s1. The average Bonchev–Trinajstić information content (AvgIpc) is 3.18. The first-order valence-electron chi connectivity index (χ1n) is 7.44. The van der Waals surface area contributed by atoms with E-state index in [1.54, 1.807) is 29.5 Å². The van der Waals surface area contributed by atoms with Gasteiger partial charge < -0.3 is 10.2 Å². The van der Waals surface area contributed by atoms with E-state index in [9.17, 15) is 4.79 Å². The monoisotopic (exact) mass is 312 g/mol. The minimum atomic E-state index is 0.00791. The highest BCUT2D eigenvalue weighted by atomic mass is 32.1. The molecule has 1 aliphatic rings. The van der Waals surface area contributed by atoms with E-state index in [2.05, 4.69) is 28.9 Å². The maximum atomic E-state index is 12.3. The molecule has 2 heterocycles. The fourth-order valence-corrected chi connectivity index (χ4v) is 3.95. The van der Waals surface area contributed by atoms with Crippen molar-refractivity contribution in [1.29, 1.82) is 5.26 Å². The van der Waals surface area contributed by atoms with Crippen LogP contribution in [0.4, 0.5) is 5.69 Å². The summed E-state index contributed by atoms with van der Waals surface area (Å²) in [6.45, 7) is 1.51. The molecule has 1 aliphatic heterocycles. The predicted molar refractivity (Wildman–Crippen MR) is 86.8 cm³/mol. The molecular weight excluding hydrogens is 294 g/mol. The van der Waals surface area contributed by atoms with Crippen LogP contribution in [0.15, 0.2) is 41.8 Å². The Bertz CT molecular complexity index is 690. The van der Waals surface area contributed by atoms with Crippen molar-refractivity contribution < 1.29 is 9.69 Å². The molecule has 0 bridgehead atoms. The van der Waals surface area contributed by atoms with Crippen LogP contribution in [0.1, 0.15) is 29.3 Å². The first-order chi connectivity index (χ1) is 10.8. The molecule has 1 aromatic heterocycles. The highest BCUT2D eigenvalue weighted by molar-refractivity contribution is 7.10. The van der Waals surface area contributed by atoms with Crippen molar-refractivity contribution in [2.45, 2.75) is 18.9 Å². The largest absolute Gasteiger partial charge is 0.321 e. The number of likely N-dealkylation sites (tertiary alicyclic amines) is 1. The highest BCUT2D eigenvalue weighted by Crippen LogP contribution is 2.23. The molecule has 1 unspecified atom stereocenters.